The van der Waals surface area contributed by atoms with Crippen LogP contribution in [0.25, 0.3) is 0 Å². The molecule has 0 fully saturated rings. The zero-order valence-corrected chi connectivity index (χ0v) is 13.0. The lowest BCUT2D eigenvalue weighted by Gasteiger charge is -2.10. The predicted octanol–water partition coefficient (Wildman–Crippen LogP) is 3.17. The van der Waals surface area contributed by atoms with Gasteiger partial charge < -0.3 is 15.4 Å². The molecule has 1 aromatic carbocycles. The number of carbonyl (C=O) groups excluding carboxylic acids is 1. The Morgan fingerprint density at radius 1 is 1.32 bits per heavy atom. The van der Waals surface area contributed by atoms with Crippen molar-refractivity contribution in [3.05, 3.63) is 28.7 Å². The van der Waals surface area contributed by atoms with Crippen molar-refractivity contribution < 1.29 is 9.53 Å². The van der Waals surface area contributed by atoms with Crippen LogP contribution in [-0.2, 0) is 0 Å². The maximum atomic E-state index is 11.4. The summed E-state index contributed by atoms with van der Waals surface area (Å²) in [6, 6.07) is 7.48. The average Bonchev–Trinajstić information content (AvgIpc) is 2.34. The van der Waals surface area contributed by atoms with Gasteiger partial charge in [-0.15, -0.1) is 0 Å². The molecule has 5 heteroatoms. The monoisotopic (exact) mass is 328 g/mol. The van der Waals surface area contributed by atoms with Crippen LogP contribution in [0, 0.1) is 5.92 Å². The van der Waals surface area contributed by atoms with Crippen LogP contribution in [-0.4, -0.2) is 25.7 Å². The van der Waals surface area contributed by atoms with Gasteiger partial charge in [0.05, 0.1) is 6.54 Å². The molecule has 0 bridgehead atoms. The normalized spacial score (nSPS) is 10.3. The van der Waals surface area contributed by atoms with Crippen LogP contribution in [0.1, 0.15) is 20.3 Å². The summed E-state index contributed by atoms with van der Waals surface area (Å²) in [6.07, 6.45) is 0.988. The van der Waals surface area contributed by atoms with E-state index in [0.29, 0.717) is 25.6 Å². The summed E-state index contributed by atoms with van der Waals surface area (Å²) in [5, 5.41) is 5.56. The van der Waals surface area contributed by atoms with Crippen LogP contribution in [0.2, 0.25) is 0 Å². The third-order valence-electron chi connectivity index (χ3n) is 2.46. The molecular formula is C14H21BrN2O2. The number of hydrogen-bond donors (Lipinski definition) is 2. The average molecular weight is 329 g/mol. The molecule has 2 amide bonds. The molecular weight excluding hydrogens is 308 g/mol. The van der Waals surface area contributed by atoms with E-state index in [4.69, 9.17) is 4.74 Å². The third-order valence-corrected chi connectivity index (χ3v) is 2.95. The minimum absolute atomic E-state index is 0.140. The first-order chi connectivity index (χ1) is 9.08. The van der Waals surface area contributed by atoms with E-state index in [1.54, 1.807) is 0 Å². The Hall–Kier alpha value is -1.23. The molecule has 0 radical (unpaired) electrons. The molecule has 106 valence electrons. The third kappa shape index (κ3) is 7.72. The molecule has 4 nitrogen and oxygen atoms in total. The van der Waals surface area contributed by atoms with Gasteiger partial charge in [-0.25, -0.2) is 4.79 Å². The van der Waals surface area contributed by atoms with Crippen molar-refractivity contribution in [1.29, 1.82) is 0 Å². The van der Waals surface area contributed by atoms with Gasteiger partial charge in [-0.3, -0.25) is 0 Å². The second-order valence-electron chi connectivity index (χ2n) is 4.67. The zero-order chi connectivity index (χ0) is 14.1. The van der Waals surface area contributed by atoms with Gasteiger partial charge in [-0.1, -0.05) is 35.8 Å². The van der Waals surface area contributed by atoms with Crippen molar-refractivity contribution in [3.63, 3.8) is 0 Å². The van der Waals surface area contributed by atoms with E-state index >= 15 is 0 Å². The van der Waals surface area contributed by atoms with E-state index in [-0.39, 0.29) is 6.03 Å². The lowest BCUT2D eigenvalue weighted by molar-refractivity contribution is 0.236. The lowest BCUT2D eigenvalue weighted by Crippen LogP contribution is -2.38. The molecule has 0 spiro atoms. The number of hydrogen-bond acceptors (Lipinski definition) is 2. The highest BCUT2D eigenvalue weighted by atomic mass is 79.9. The number of halogens is 1. The lowest BCUT2D eigenvalue weighted by atomic mass is 10.1. The van der Waals surface area contributed by atoms with Crippen LogP contribution in [0.15, 0.2) is 28.7 Å². The maximum absolute atomic E-state index is 11.4. The maximum Gasteiger partial charge on any atom is 0.314 e. The standard InChI is InChI=1S/C14H21BrN2O2/c1-11(2)6-7-16-14(18)17-8-9-19-13-5-3-4-12(15)10-13/h3-5,10-11H,6-9H2,1-2H3,(H2,16,17,18). The number of benzene rings is 1. The van der Waals surface area contributed by atoms with E-state index in [1.807, 2.05) is 24.3 Å². The summed E-state index contributed by atoms with van der Waals surface area (Å²) in [6.45, 7) is 5.90. The van der Waals surface area contributed by atoms with Crippen molar-refractivity contribution in [2.75, 3.05) is 19.7 Å². The topological polar surface area (TPSA) is 50.4 Å². The molecule has 1 aromatic rings. The van der Waals surface area contributed by atoms with E-state index in [0.717, 1.165) is 16.6 Å². The fourth-order valence-corrected chi connectivity index (χ4v) is 1.81. The SMILES string of the molecule is CC(C)CCNC(=O)NCCOc1cccc(Br)c1. The Kier molecular flexibility index (Phi) is 7.33. The quantitative estimate of drug-likeness (QED) is 0.755. The summed E-state index contributed by atoms with van der Waals surface area (Å²) in [5.74, 6) is 1.39. The summed E-state index contributed by atoms with van der Waals surface area (Å²) < 4.78 is 6.48. The first-order valence-corrected chi connectivity index (χ1v) is 7.27. The highest BCUT2D eigenvalue weighted by Crippen LogP contribution is 2.17. The highest BCUT2D eigenvalue weighted by Gasteiger charge is 2.00. The molecule has 0 heterocycles. The largest absolute Gasteiger partial charge is 0.492 e. The molecule has 0 aliphatic rings. The van der Waals surface area contributed by atoms with Gasteiger partial charge in [0.25, 0.3) is 0 Å². The zero-order valence-electron chi connectivity index (χ0n) is 11.4. The highest BCUT2D eigenvalue weighted by molar-refractivity contribution is 9.10. The number of nitrogens with one attached hydrogen (secondary N) is 2. The number of rotatable bonds is 7. The number of urea groups is 1. The van der Waals surface area contributed by atoms with E-state index in [1.165, 1.54) is 0 Å². The second kappa shape index (κ2) is 8.80. The van der Waals surface area contributed by atoms with Gasteiger partial charge in [-0.05, 0) is 30.5 Å². The Morgan fingerprint density at radius 2 is 2.05 bits per heavy atom. The van der Waals surface area contributed by atoms with E-state index in [9.17, 15) is 4.79 Å². The molecule has 0 unspecified atom stereocenters. The molecule has 2 N–H and O–H groups in total. The van der Waals surface area contributed by atoms with Gasteiger partial charge in [0.2, 0.25) is 0 Å². The Bertz CT molecular complexity index is 397. The summed E-state index contributed by atoms with van der Waals surface area (Å²) in [7, 11) is 0. The number of amides is 2. The Balaban J connectivity index is 2.08. The molecule has 0 aliphatic carbocycles. The Morgan fingerprint density at radius 3 is 2.74 bits per heavy atom. The molecule has 0 saturated carbocycles. The number of ether oxygens (including phenoxy) is 1. The minimum Gasteiger partial charge on any atom is -0.492 e. The molecule has 1 rings (SSSR count). The van der Waals surface area contributed by atoms with Gasteiger partial charge in [0.15, 0.2) is 0 Å². The molecule has 0 aliphatic heterocycles. The van der Waals surface area contributed by atoms with Crippen molar-refractivity contribution >= 4 is 22.0 Å². The van der Waals surface area contributed by atoms with E-state index in [2.05, 4.69) is 40.4 Å². The van der Waals surface area contributed by atoms with Crippen molar-refractivity contribution in [3.8, 4) is 5.75 Å². The van der Waals surface area contributed by atoms with Crippen molar-refractivity contribution in [2.45, 2.75) is 20.3 Å². The number of carbonyl (C=O) groups is 1. The summed E-state index contributed by atoms with van der Waals surface area (Å²) in [4.78, 5) is 11.4. The van der Waals surface area contributed by atoms with E-state index < -0.39 is 0 Å². The first kappa shape index (κ1) is 15.8. The molecule has 19 heavy (non-hydrogen) atoms. The van der Waals surface area contributed by atoms with Gasteiger partial charge in [0, 0.05) is 11.0 Å². The van der Waals surface area contributed by atoms with Crippen LogP contribution < -0.4 is 15.4 Å². The van der Waals surface area contributed by atoms with Gasteiger partial charge in [0.1, 0.15) is 12.4 Å². The predicted molar refractivity (Wildman–Crippen MR) is 80.5 cm³/mol. The van der Waals surface area contributed by atoms with Gasteiger partial charge in [-0.2, -0.15) is 0 Å². The molecule has 0 saturated heterocycles. The van der Waals surface area contributed by atoms with Crippen molar-refractivity contribution in [2.24, 2.45) is 5.92 Å². The van der Waals surface area contributed by atoms with Crippen LogP contribution >= 0.6 is 15.9 Å². The fraction of sp³-hybridized carbons (Fsp3) is 0.500. The summed E-state index contributed by atoms with van der Waals surface area (Å²) in [5.41, 5.74) is 0. The molecule has 0 aromatic heterocycles. The first-order valence-electron chi connectivity index (χ1n) is 6.48. The second-order valence-corrected chi connectivity index (χ2v) is 5.59. The van der Waals surface area contributed by atoms with Gasteiger partial charge >= 0.3 is 6.03 Å². The summed E-state index contributed by atoms with van der Waals surface area (Å²) >= 11 is 3.37. The Labute approximate surface area is 123 Å². The minimum atomic E-state index is -0.140. The van der Waals surface area contributed by atoms with Crippen LogP contribution in [0.4, 0.5) is 4.79 Å². The molecule has 0 atom stereocenters. The van der Waals surface area contributed by atoms with Crippen LogP contribution in [0.3, 0.4) is 0 Å². The van der Waals surface area contributed by atoms with Crippen LogP contribution in [0.5, 0.6) is 5.75 Å². The smallest absolute Gasteiger partial charge is 0.314 e. The fourth-order valence-electron chi connectivity index (χ4n) is 1.43. The van der Waals surface area contributed by atoms with Crippen molar-refractivity contribution in [1.82, 2.24) is 10.6 Å².